The number of amides is 2. The van der Waals surface area contributed by atoms with Gasteiger partial charge in [0.2, 0.25) is 0 Å². The molecule has 0 aromatic carbocycles. The molecule has 0 bridgehead atoms. The van der Waals surface area contributed by atoms with Crippen LogP contribution in [0.2, 0.25) is 5.02 Å². The van der Waals surface area contributed by atoms with Crippen LogP contribution in [-0.2, 0) is 43.1 Å². The summed E-state index contributed by atoms with van der Waals surface area (Å²) < 4.78 is 45.6. The molecule has 4 aromatic rings. The highest BCUT2D eigenvalue weighted by Crippen LogP contribution is 2.28. The monoisotopic (exact) mass is 740 g/mol. The molecule has 0 spiro atoms. The predicted molar refractivity (Wildman–Crippen MR) is 184 cm³/mol. The van der Waals surface area contributed by atoms with Crippen molar-refractivity contribution in [3.8, 4) is 0 Å². The minimum Gasteiger partial charge on any atom is -0.441 e. The van der Waals surface area contributed by atoms with E-state index >= 15 is 0 Å². The minimum atomic E-state index is -4.51. The summed E-state index contributed by atoms with van der Waals surface area (Å²) in [7, 11) is 0. The summed E-state index contributed by atoms with van der Waals surface area (Å²) in [6, 6.07) is 7.54. The third-order valence-corrected chi connectivity index (χ3v) is 8.30. The van der Waals surface area contributed by atoms with Gasteiger partial charge in [0.05, 0.1) is 5.02 Å². The van der Waals surface area contributed by atoms with Crippen LogP contribution in [0, 0.1) is 0 Å². The maximum Gasteiger partial charge on any atom is 0.433 e. The van der Waals surface area contributed by atoms with Crippen LogP contribution in [-0.4, -0.2) is 54.6 Å². The first-order chi connectivity index (χ1) is 24.9. The van der Waals surface area contributed by atoms with Crippen molar-refractivity contribution in [2.45, 2.75) is 83.5 Å². The molecule has 1 fully saturated rings. The van der Waals surface area contributed by atoms with E-state index in [1.165, 1.54) is 16.8 Å². The quantitative estimate of drug-likeness (QED) is 0.0735. The Morgan fingerprint density at radius 3 is 2.44 bits per heavy atom. The molecule has 0 saturated carbocycles. The molecule has 1 saturated heterocycles. The molecule has 274 valence electrons. The minimum absolute atomic E-state index is 0.000415. The number of aromatic nitrogens is 4. The normalized spacial score (nSPS) is 14.0. The van der Waals surface area contributed by atoms with E-state index in [-0.39, 0.29) is 38.6 Å². The highest BCUT2D eigenvalue weighted by molar-refractivity contribution is 6.31. The summed E-state index contributed by atoms with van der Waals surface area (Å²) in [6.45, 7) is 2.28. The number of ether oxygens (including phenoxy) is 1. The molecule has 52 heavy (non-hydrogen) atoms. The van der Waals surface area contributed by atoms with Gasteiger partial charge >= 0.3 is 18.2 Å². The second-order valence-electron chi connectivity index (χ2n) is 12.1. The first-order valence-corrected chi connectivity index (χ1v) is 17.1. The van der Waals surface area contributed by atoms with Crippen LogP contribution in [0.15, 0.2) is 67.3 Å². The summed E-state index contributed by atoms with van der Waals surface area (Å²) in [5, 5.41) is 4.57. The lowest BCUT2D eigenvalue weighted by atomic mass is 10.1. The number of nitrogens with zero attached hydrogens (tertiary/aromatic N) is 5. The lowest BCUT2D eigenvalue weighted by Crippen LogP contribution is -2.32. The Balaban J connectivity index is 1.24. The molecule has 5 heterocycles. The predicted octanol–water partition coefficient (Wildman–Crippen LogP) is 7.58. The number of carbonyl (C=O) groups excluding carboxylic acids is 4. The number of allylic oxidation sites excluding steroid dienone is 1. The first kappa shape index (κ1) is 37.9. The van der Waals surface area contributed by atoms with Crippen molar-refractivity contribution in [2.24, 2.45) is 0 Å². The van der Waals surface area contributed by atoms with Gasteiger partial charge in [-0.15, -0.1) is 5.06 Å². The number of carbonyl (C=O) groups is 4. The number of nitrogens with one attached hydrogen (secondary N) is 1. The molecule has 0 aliphatic carbocycles. The van der Waals surface area contributed by atoms with Crippen molar-refractivity contribution < 1.29 is 41.9 Å². The lowest BCUT2D eigenvalue weighted by molar-refractivity contribution is -0.197. The Morgan fingerprint density at radius 1 is 1.02 bits per heavy atom. The Labute approximate surface area is 301 Å². The van der Waals surface area contributed by atoms with E-state index in [4.69, 9.17) is 21.2 Å². The van der Waals surface area contributed by atoms with Crippen LogP contribution >= 0.6 is 11.6 Å². The Hall–Kier alpha value is -5.31. The number of pyridine rings is 3. The van der Waals surface area contributed by atoms with Crippen LogP contribution in [0.3, 0.4) is 0 Å². The molecular weight excluding hydrogens is 705 g/mol. The largest absolute Gasteiger partial charge is 0.441 e. The number of rotatable bonds is 15. The van der Waals surface area contributed by atoms with Gasteiger partial charge in [-0.1, -0.05) is 49.6 Å². The van der Waals surface area contributed by atoms with Crippen LogP contribution in [0.4, 0.5) is 23.8 Å². The SMILES string of the molecule is CCCC/C=C/C(CCCC(=O)ON1C(=O)CCC1=O)OC(=O)n1cc(Cc2ccc(NCc3ccc(C(F)(F)F)nc3)nc2)c2cc(Cl)cnc21. The van der Waals surface area contributed by atoms with E-state index in [0.29, 0.717) is 38.9 Å². The summed E-state index contributed by atoms with van der Waals surface area (Å²) in [5.74, 6) is -1.35. The maximum atomic E-state index is 13.6. The van der Waals surface area contributed by atoms with Crippen LogP contribution in [0.25, 0.3) is 11.0 Å². The second-order valence-corrected chi connectivity index (χ2v) is 12.5. The van der Waals surface area contributed by atoms with E-state index in [0.717, 1.165) is 42.7 Å². The number of anilines is 1. The van der Waals surface area contributed by atoms with Gasteiger partial charge < -0.3 is 14.9 Å². The fourth-order valence-corrected chi connectivity index (χ4v) is 5.53. The maximum absolute atomic E-state index is 13.6. The van der Waals surface area contributed by atoms with Crippen molar-refractivity contribution in [3.63, 3.8) is 0 Å². The second kappa shape index (κ2) is 17.3. The number of imide groups is 1. The zero-order chi connectivity index (χ0) is 37.3. The number of hydrogen-bond acceptors (Lipinski definition) is 10. The topological polar surface area (TPSA) is 146 Å². The summed E-state index contributed by atoms with van der Waals surface area (Å²) >= 11 is 6.28. The van der Waals surface area contributed by atoms with Crippen LogP contribution < -0.4 is 5.32 Å². The molecule has 1 N–H and O–H groups in total. The number of hydroxylamine groups is 2. The Bertz CT molecular complexity index is 1920. The fourth-order valence-electron chi connectivity index (χ4n) is 5.37. The highest BCUT2D eigenvalue weighted by Gasteiger charge is 2.33. The molecule has 1 aliphatic heterocycles. The molecule has 16 heteroatoms. The molecule has 4 aromatic heterocycles. The van der Waals surface area contributed by atoms with Gasteiger partial charge in [-0.25, -0.2) is 24.1 Å². The van der Waals surface area contributed by atoms with Gasteiger partial charge in [0.15, 0.2) is 0 Å². The first-order valence-electron chi connectivity index (χ1n) is 16.7. The fraction of sp³-hybridized carbons (Fsp3) is 0.361. The van der Waals surface area contributed by atoms with Crippen molar-refractivity contribution in [1.82, 2.24) is 24.6 Å². The van der Waals surface area contributed by atoms with Gasteiger partial charge in [0.1, 0.15) is 23.3 Å². The lowest BCUT2D eigenvalue weighted by Gasteiger charge is -2.16. The molecular formula is C36H36ClF3N6O6. The molecule has 2 amide bonds. The van der Waals surface area contributed by atoms with Crippen LogP contribution in [0.1, 0.15) is 80.7 Å². The van der Waals surface area contributed by atoms with Crippen molar-refractivity contribution in [2.75, 3.05) is 5.32 Å². The zero-order valence-corrected chi connectivity index (χ0v) is 29.0. The molecule has 1 atom stereocenters. The Kier molecular flexibility index (Phi) is 12.6. The Morgan fingerprint density at radius 2 is 1.77 bits per heavy atom. The standard InChI is InChI=1S/C36H36ClF3N6O6/c1-2-3-4-5-7-27(8-6-9-33(49)52-46-31(47)14-15-32(46)48)51-35(50)45-22-25(28-17-26(37)21-44-34(28)45)16-23-11-13-30(42-18-23)43-20-24-10-12-29(41-19-24)36(38,39)40/h5,7,10-13,17-19,21-22,27H,2-4,6,8-9,14-16,20H2,1H3,(H,42,43)/b7-5+. The highest BCUT2D eigenvalue weighted by atomic mass is 35.5. The van der Waals surface area contributed by atoms with Gasteiger partial charge in [0.25, 0.3) is 11.8 Å². The number of unbranched alkanes of at least 4 members (excludes halogenated alkanes) is 2. The molecule has 1 unspecified atom stereocenters. The third-order valence-electron chi connectivity index (χ3n) is 8.09. The summed E-state index contributed by atoms with van der Waals surface area (Å²) in [6.07, 6.45) is 7.16. The number of hydrogen-bond donors (Lipinski definition) is 1. The average molecular weight is 741 g/mol. The summed E-state index contributed by atoms with van der Waals surface area (Å²) in [5.41, 5.74) is 1.45. The number of alkyl halides is 3. The molecule has 12 nitrogen and oxygen atoms in total. The van der Waals surface area contributed by atoms with E-state index in [1.807, 2.05) is 12.1 Å². The van der Waals surface area contributed by atoms with E-state index < -0.39 is 41.9 Å². The smallest absolute Gasteiger partial charge is 0.433 e. The van der Waals surface area contributed by atoms with Crippen molar-refractivity contribution in [3.05, 3.63) is 94.7 Å². The van der Waals surface area contributed by atoms with E-state index in [2.05, 4.69) is 27.2 Å². The van der Waals surface area contributed by atoms with Crippen molar-refractivity contribution in [1.29, 1.82) is 0 Å². The number of halogens is 4. The van der Waals surface area contributed by atoms with Crippen molar-refractivity contribution >= 4 is 52.3 Å². The van der Waals surface area contributed by atoms with E-state index in [9.17, 15) is 32.3 Å². The van der Waals surface area contributed by atoms with Gasteiger partial charge in [-0.2, -0.15) is 13.2 Å². The van der Waals surface area contributed by atoms with Gasteiger partial charge in [-0.05, 0) is 60.2 Å². The van der Waals surface area contributed by atoms with Gasteiger partial charge in [-0.3, -0.25) is 14.6 Å². The average Bonchev–Trinajstić information content (AvgIpc) is 3.63. The molecule has 1 aliphatic rings. The number of fused-ring (bicyclic) bond motifs is 1. The third kappa shape index (κ3) is 10.1. The van der Waals surface area contributed by atoms with Gasteiger partial charge in [0, 0.05) is 62.4 Å². The zero-order valence-electron chi connectivity index (χ0n) is 28.2. The summed E-state index contributed by atoms with van der Waals surface area (Å²) in [4.78, 5) is 66.7. The molecule has 5 rings (SSSR count). The van der Waals surface area contributed by atoms with E-state index in [1.54, 1.807) is 30.6 Å². The molecule has 0 radical (unpaired) electrons. The van der Waals surface area contributed by atoms with Crippen LogP contribution in [0.5, 0.6) is 0 Å².